The largest absolute Gasteiger partial charge is 0.352 e. The maximum Gasteiger partial charge on any atom is 0.151 e. The van der Waals surface area contributed by atoms with Crippen LogP contribution >= 0.6 is 11.8 Å². The molecular weight excluding hydrogens is 344 g/mol. The van der Waals surface area contributed by atoms with Gasteiger partial charge in [0.25, 0.3) is 0 Å². The first kappa shape index (κ1) is 16.3. The van der Waals surface area contributed by atoms with E-state index in [1.165, 1.54) is 35.4 Å². The Morgan fingerprint density at radius 2 is 1.77 bits per heavy atom. The van der Waals surface area contributed by atoms with E-state index in [2.05, 4.69) is 49.4 Å². The molecule has 1 saturated heterocycles. The normalized spacial score (nSPS) is 19.5. The van der Waals surface area contributed by atoms with Gasteiger partial charge in [0.2, 0.25) is 0 Å². The van der Waals surface area contributed by atoms with Crippen LogP contribution in [0.4, 0.5) is 11.6 Å². The third-order valence-electron chi connectivity index (χ3n) is 5.84. The predicted octanol–water partition coefficient (Wildman–Crippen LogP) is 2.26. The van der Waals surface area contributed by atoms with Crippen LogP contribution in [0.1, 0.15) is 35.4 Å². The Labute approximate surface area is 158 Å². The number of hydrogen-bond acceptors (Lipinski definition) is 7. The molecule has 2 aliphatic heterocycles. The highest BCUT2D eigenvalue weighted by Gasteiger charge is 2.33. The van der Waals surface area contributed by atoms with Crippen molar-refractivity contribution in [2.75, 3.05) is 35.7 Å². The van der Waals surface area contributed by atoms with Gasteiger partial charge in [-0.1, -0.05) is 0 Å². The van der Waals surface area contributed by atoms with Crippen LogP contribution in [0.5, 0.6) is 0 Å². The second kappa shape index (κ2) is 6.68. The number of likely N-dealkylation sites (N-methyl/N-ethyl adjacent to an activating group) is 1. The molecule has 2 aromatic rings. The van der Waals surface area contributed by atoms with Gasteiger partial charge in [-0.2, -0.15) is 22.0 Å². The Balaban J connectivity index is 1.26. The zero-order valence-corrected chi connectivity index (χ0v) is 16.0. The van der Waals surface area contributed by atoms with Crippen molar-refractivity contribution < 1.29 is 0 Å². The van der Waals surface area contributed by atoms with Crippen LogP contribution in [0.3, 0.4) is 0 Å². The lowest BCUT2D eigenvalue weighted by Gasteiger charge is -2.45. The van der Waals surface area contributed by atoms with Gasteiger partial charge in [0.15, 0.2) is 11.6 Å². The fourth-order valence-corrected chi connectivity index (χ4v) is 4.96. The van der Waals surface area contributed by atoms with Crippen molar-refractivity contribution in [2.24, 2.45) is 0 Å². The van der Waals surface area contributed by atoms with E-state index in [4.69, 9.17) is 0 Å². The molecule has 0 atom stereocenters. The third-order valence-corrected chi connectivity index (χ3v) is 6.85. The molecule has 0 unspecified atom stereocenters. The van der Waals surface area contributed by atoms with Gasteiger partial charge in [-0.3, -0.25) is 0 Å². The summed E-state index contributed by atoms with van der Waals surface area (Å²) in [5.41, 5.74) is 5.14. The van der Waals surface area contributed by atoms with Gasteiger partial charge in [-0.25, -0.2) is 0 Å². The van der Waals surface area contributed by atoms with Gasteiger partial charge in [0.05, 0.1) is 17.4 Å². The van der Waals surface area contributed by atoms with E-state index in [9.17, 15) is 0 Å². The minimum Gasteiger partial charge on any atom is -0.352 e. The minimum atomic E-state index is 0.455. The van der Waals surface area contributed by atoms with Crippen LogP contribution in [0.2, 0.25) is 0 Å². The molecule has 6 nitrogen and oxygen atoms in total. The van der Waals surface area contributed by atoms with Crippen molar-refractivity contribution in [3.63, 3.8) is 0 Å². The number of thioether (sulfide) groups is 1. The molecule has 0 aromatic carbocycles. The molecule has 136 valence electrons. The number of hydrogen-bond donors (Lipinski definition) is 0. The van der Waals surface area contributed by atoms with Crippen LogP contribution in [0.15, 0.2) is 12.1 Å². The summed E-state index contributed by atoms with van der Waals surface area (Å²) in [5.74, 6) is 4.25. The quantitative estimate of drug-likeness (QED) is 0.823. The molecule has 0 N–H and O–H groups in total. The van der Waals surface area contributed by atoms with Gasteiger partial charge in [-0.05, 0) is 54.7 Å². The van der Waals surface area contributed by atoms with E-state index in [-0.39, 0.29) is 0 Å². The molecule has 0 radical (unpaired) electrons. The first-order valence-corrected chi connectivity index (χ1v) is 10.7. The SMILES string of the molecule is CN(c1cc2c(nn1)CCSC2)C1CN(c2cc3c(nn2)CCCC3)C1. The summed E-state index contributed by atoms with van der Waals surface area (Å²) in [6, 6.07) is 4.94. The first-order chi connectivity index (χ1) is 12.8. The second-order valence-electron chi connectivity index (χ2n) is 7.53. The Morgan fingerprint density at radius 1 is 0.962 bits per heavy atom. The standard InChI is InChI=1S/C19H24N6S/c1-24(18-9-14-12-26-7-6-17(14)21-22-18)15-10-25(11-15)19-8-13-4-2-3-5-16(13)20-23-19/h8-9,15H,2-7,10-12H2,1H3. The lowest BCUT2D eigenvalue weighted by atomic mass is 9.96. The molecule has 3 aliphatic rings. The van der Waals surface area contributed by atoms with Crippen LogP contribution in [-0.4, -0.2) is 52.3 Å². The lowest BCUT2D eigenvalue weighted by molar-refractivity contribution is 0.485. The Kier molecular flexibility index (Phi) is 4.19. The van der Waals surface area contributed by atoms with Crippen LogP contribution in [-0.2, 0) is 25.0 Å². The van der Waals surface area contributed by atoms with Crippen molar-refractivity contribution in [3.05, 3.63) is 34.6 Å². The van der Waals surface area contributed by atoms with E-state index in [1.807, 2.05) is 11.8 Å². The maximum atomic E-state index is 4.47. The minimum absolute atomic E-state index is 0.455. The number of nitrogens with zero attached hydrogens (tertiary/aromatic N) is 6. The molecule has 26 heavy (non-hydrogen) atoms. The third kappa shape index (κ3) is 2.92. The van der Waals surface area contributed by atoms with Gasteiger partial charge in [-0.15, -0.1) is 10.2 Å². The maximum absolute atomic E-state index is 4.47. The second-order valence-corrected chi connectivity index (χ2v) is 8.63. The van der Waals surface area contributed by atoms with Crippen molar-refractivity contribution in [2.45, 2.75) is 43.9 Å². The van der Waals surface area contributed by atoms with Crippen molar-refractivity contribution >= 4 is 23.4 Å². The first-order valence-electron chi connectivity index (χ1n) is 9.54. The average Bonchev–Trinajstić information content (AvgIpc) is 2.66. The lowest BCUT2D eigenvalue weighted by Crippen LogP contribution is -2.59. The predicted molar refractivity (Wildman–Crippen MR) is 105 cm³/mol. The van der Waals surface area contributed by atoms with E-state index in [1.54, 1.807) is 0 Å². The van der Waals surface area contributed by atoms with Gasteiger partial charge in [0.1, 0.15) is 0 Å². The molecule has 2 aromatic heterocycles. The molecule has 0 amide bonds. The highest BCUT2D eigenvalue weighted by Crippen LogP contribution is 2.29. The molecule has 0 bridgehead atoms. The number of fused-ring (bicyclic) bond motifs is 2. The fraction of sp³-hybridized carbons (Fsp3) is 0.579. The summed E-state index contributed by atoms with van der Waals surface area (Å²) in [6.45, 7) is 1.94. The highest BCUT2D eigenvalue weighted by molar-refractivity contribution is 7.98. The Hall–Kier alpha value is -1.89. The van der Waals surface area contributed by atoms with E-state index < -0.39 is 0 Å². The van der Waals surface area contributed by atoms with Crippen LogP contribution in [0, 0.1) is 0 Å². The van der Waals surface area contributed by atoms with Crippen LogP contribution in [0.25, 0.3) is 0 Å². The van der Waals surface area contributed by atoms with Gasteiger partial charge >= 0.3 is 0 Å². The van der Waals surface area contributed by atoms with Crippen molar-refractivity contribution in [1.29, 1.82) is 0 Å². The molecule has 5 rings (SSSR count). The molecular formula is C19H24N6S. The zero-order chi connectivity index (χ0) is 17.5. The number of aromatic nitrogens is 4. The zero-order valence-electron chi connectivity index (χ0n) is 15.2. The highest BCUT2D eigenvalue weighted by atomic mass is 32.2. The monoisotopic (exact) mass is 368 g/mol. The van der Waals surface area contributed by atoms with Crippen LogP contribution < -0.4 is 9.80 Å². The van der Waals surface area contributed by atoms with E-state index in [0.717, 1.165) is 55.5 Å². The molecule has 1 aliphatic carbocycles. The van der Waals surface area contributed by atoms with Gasteiger partial charge in [0, 0.05) is 32.3 Å². The Morgan fingerprint density at radius 3 is 2.69 bits per heavy atom. The number of aryl methyl sites for hydroxylation is 3. The summed E-state index contributed by atoms with van der Waals surface area (Å²) in [4.78, 5) is 4.60. The molecule has 7 heteroatoms. The summed E-state index contributed by atoms with van der Waals surface area (Å²) >= 11 is 1.99. The molecule has 1 fully saturated rings. The summed E-state index contributed by atoms with van der Waals surface area (Å²) in [6.07, 6.45) is 5.81. The summed E-state index contributed by atoms with van der Waals surface area (Å²) < 4.78 is 0. The number of rotatable bonds is 3. The topological polar surface area (TPSA) is 58.0 Å². The number of anilines is 2. The fourth-order valence-electron chi connectivity index (χ4n) is 4.01. The smallest absolute Gasteiger partial charge is 0.151 e. The summed E-state index contributed by atoms with van der Waals surface area (Å²) in [7, 11) is 2.13. The van der Waals surface area contributed by atoms with Crippen molar-refractivity contribution in [3.8, 4) is 0 Å². The average molecular weight is 369 g/mol. The molecule has 4 heterocycles. The summed E-state index contributed by atoms with van der Waals surface area (Å²) in [5, 5.41) is 17.9. The van der Waals surface area contributed by atoms with Crippen molar-refractivity contribution in [1.82, 2.24) is 20.4 Å². The molecule has 0 saturated carbocycles. The Bertz CT molecular complexity index is 820. The molecule has 0 spiro atoms. The van der Waals surface area contributed by atoms with E-state index in [0.29, 0.717) is 6.04 Å². The van der Waals surface area contributed by atoms with Gasteiger partial charge < -0.3 is 9.80 Å². The van der Waals surface area contributed by atoms with E-state index >= 15 is 0 Å².